The van der Waals surface area contributed by atoms with Crippen molar-refractivity contribution in [3.05, 3.63) is 152 Å². The Bertz CT molecular complexity index is 2410. The highest BCUT2D eigenvalue weighted by Gasteiger charge is 2.41. The van der Waals surface area contributed by atoms with Gasteiger partial charge in [0.15, 0.2) is 0 Å². The number of hydrogen-bond acceptors (Lipinski definition) is 4. The molecular formula is C40H26B3N3O2. The number of aromatic nitrogens is 3. The van der Waals surface area contributed by atoms with Crippen LogP contribution in [0.25, 0.3) is 71.8 Å². The summed E-state index contributed by atoms with van der Waals surface area (Å²) in [7, 11) is 17.6. The molecule has 0 saturated carbocycles. The third-order valence-electron chi connectivity index (χ3n) is 8.97. The van der Waals surface area contributed by atoms with Crippen LogP contribution in [0, 0.1) is 0 Å². The highest BCUT2D eigenvalue weighted by Crippen LogP contribution is 2.44. The van der Waals surface area contributed by atoms with Crippen LogP contribution in [0.1, 0.15) is 5.82 Å². The lowest BCUT2D eigenvalue weighted by Crippen LogP contribution is -2.54. The molecule has 0 amide bonds. The van der Waals surface area contributed by atoms with Crippen LogP contribution in [0.15, 0.2) is 146 Å². The summed E-state index contributed by atoms with van der Waals surface area (Å²) < 4.78 is 1.66. The first-order chi connectivity index (χ1) is 23.2. The Labute approximate surface area is 281 Å². The van der Waals surface area contributed by atoms with E-state index < -0.39 is 10.9 Å². The summed E-state index contributed by atoms with van der Waals surface area (Å²) >= 11 is 0. The van der Waals surface area contributed by atoms with E-state index in [-0.39, 0.29) is 5.82 Å². The largest absolute Gasteiger partial charge is 0.407 e. The monoisotopic (exact) mass is 613 g/mol. The van der Waals surface area contributed by atoms with Crippen LogP contribution < -0.4 is 0 Å². The minimum atomic E-state index is -2.65. The van der Waals surface area contributed by atoms with Gasteiger partial charge < -0.3 is 10.2 Å². The molecule has 2 aromatic heterocycles. The average Bonchev–Trinajstić information content (AvgIpc) is 3.51. The number of aliphatic hydroxyl groups is 2. The Morgan fingerprint density at radius 3 is 1.71 bits per heavy atom. The van der Waals surface area contributed by atoms with Crippen LogP contribution in [-0.4, -0.2) is 53.7 Å². The van der Waals surface area contributed by atoms with Crippen molar-refractivity contribution in [2.45, 2.75) is 10.9 Å². The smallest absolute Gasteiger partial charge is 0.138 e. The van der Waals surface area contributed by atoms with Crippen LogP contribution in [0.5, 0.6) is 0 Å². The van der Waals surface area contributed by atoms with Gasteiger partial charge in [-0.2, -0.15) is 0 Å². The molecule has 0 fully saturated rings. The topological polar surface area (TPSA) is 71.2 Å². The zero-order valence-electron chi connectivity index (χ0n) is 25.8. The van der Waals surface area contributed by atoms with Gasteiger partial charge >= 0.3 is 0 Å². The summed E-state index contributed by atoms with van der Waals surface area (Å²) in [4.78, 5) is 9.10. The number of fused-ring (bicyclic) bond motifs is 3. The predicted molar refractivity (Wildman–Crippen MR) is 196 cm³/mol. The van der Waals surface area contributed by atoms with Gasteiger partial charge in [0.2, 0.25) is 0 Å². The Hall–Kier alpha value is -5.43. The number of imidazole rings is 1. The normalized spacial score (nSPS) is 13.2. The maximum Gasteiger partial charge on any atom is 0.138 e. The SMILES string of the molecule is [B]C([B])(O)C([B])(O)c1nc2ccccc2n1-c1ccc(-c2c3ccccc3c(-c3cccc(-c4ccccn4)c3)c3ccccc23)cc1. The summed E-state index contributed by atoms with van der Waals surface area (Å²) in [5.41, 5.74) is 5.69. The molecule has 8 aromatic rings. The lowest BCUT2D eigenvalue weighted by molar-refractivity contribution is -0.00426. The molecule has 1 unspecified atom stereocenters. The Morgan fingerprint density at radius 1 is 0.542 bits per heavy atom. The van der Waals surface area contributed by atoms with E-state index in [0.717, 1.165) is 55.1 Å². The van der Waals surface area contributed by atoms with Gasteiger partial charge in [0.05, 0.1) is 22.2 Å². The number of benzene rings is 6. The number of rotatable bonds is 6. The van der Waals surface area contributed by atoms with Crippen molar-refractivity contribution < 1.29 is 10.2 Å². The Balaban J connectivity index is 1.32. The number of hydrogen-bond donors (Lipinski definition) is 2. The summed E-state index contributed by atoms with van der Waals surface area (Å²) in [5, 5.41) is 23.4. The first kappa shape index (κ1) is 29.9. The molecule has 8 rings (SSSR count). The summed E-state index contributed by atoms with van der Waals surface area (Å²) in [6.07, 6.45) is 1.81. The van der Waals surface area contributed by atoms with E-state index in [9.17, 15) is 10.2 Å². The molecule has 0 saturated heterocycles. The molecule has 48 heavy (non-hydrogen) atoms. The molecule has 0 aliphatic heterocycles. The maximum atomic E-state index is 11.1. The van der Waals surface area contributed by atoms with Gasteiger partial charge in [0, 0.05) is 22.8 Å². The number of nitrogens with zero attached hydrogens (tertiary/aromatic N) is 3. The molecule has 0 bridgehead atoms. The molecule has 2 N–H and O–H groups in total. The van der Waals surface area contributed by atoms with Crippen LogP contribution in [0.3, 0.4) is 0 Å². The molecule has 6 radical (unpaired) electrons. The van der Waals surface area contributed by atoms with Crippen molar-refractivity contribution in [1.29, 1.82) is 0 Å². The Morgan fingerprint density at radius 2 is 1.10 bits per heavy atom. The van der Waals surface area contributed by atoms with Crippen molar-refractivity contribution in [1.82, 2.24) is 14.5 Å². The van der Waals surface area contributed by atoms with Gasteiger partial charge in [-0.15, -0.1) is 0 Å². The number of para-hydroxylation sites is 2. The third-order valence-corrected chi connectivity index (χ3v) is 8.97. The van der Waals surface area contributed by atoms with Crippen molar-refractivity contribution in [2.75, 3.05) is 0 Å². The van der Waals surface area contributed by atoms with Crippen molar-refractivity contribution in [2.24, 2.45) is 0 Å². The fourth-order valence-corrected chi connectivity index (χ4v) is 6.62. The zero-order chi connectivity index (χ0) is 33.0. The van der Waals surface area contributed by atoms with Gasteiger partial charge in [-0.3, -0.25) is 9.55 Å². The molecule has 6 aromatic carbocycles. The van der Waals surface area contributed by atoms with E-state index >= 15 is 0 Å². The standard InChI is InChI=1S/C40H26B3N3O2/c41-39(47,40(42,43)48)38-45-34-17-5-6-18-35(34)46(38)28-21-19-25(20-22-28)36-29-12-1-3-14-31(29)37(32-15-4-2-13-30(32)36)27-11-9-10-26(24-27)33-16-7-8-23-44-33/h1-24,47-48H. The second-order valence-electron chi connectivity index (χ2n) is 12.0. The van der Waals surface area contributed by atoms with Gasteiger partial charge in [0.25, 0.3) is 0 Å². The summed E-state index contributed by atoms with van der Waals surface area (Å²) in [6, 6.07) is 46.7. The molecule has 0 spiro atoms. The van der Waals surface area contributed by atoms with Crippen LogP contribution in [0.4, 0.5) is 0 Å². The molecule has 2 heterocycles. The lowest BCUT2D eigenvalue weighted by Gasteiger charge is -2.37. The second kappa shape index (κ2) is 11.4. The summed E-state index contributed by atoms with van der Waals surface area (Å²) in [6.45, 7) is 0. The first-order valence-electron chi connectivity index (χ1n) is 15.6. The Kier molecular flexibility index (Phi) is 7.09. The van der Waals surface area contributed by atoms with E-state index in [1.807, 2.05) is 66.9 Å². The van der Waals surface area contributed by atoms with Crippen LogP contribution in [0.2, 0.25) is 0 Å². The lowest BCUT2D eigenvalue weighted by atomic mass is 9.49. The molecular weight excluding hydrogens is 587 g/mol. The fraction of sp³-hybridized carbons (Fsp3) is 0.0500. The first-order valence-corrected chi connectivity index (χ1v) is 15.6. The minimum absolute atomic E-state index is 0.0860. The highest BCUT2D eigenvalue weighted by atomic mass is 16.3. The van der Waals surface area contributed by atoms with E-state index in [1.165, 1.54) is 0 Å². The summed E-state index contributed by atoms with van der Waals surface area (Å²) in [5.74, 6) is -0.0860. The van der Waals surface area contributed by atoms with E-state index in [1.54, 1.807) is 10.6 Å². The zero-order valence-corrected chi connectivity index (χ0v) is 25.8. The van der Waals surface area contributed by atoms with Crippen LogP contribution >= 0.6 is 0 Å². The molecule has 5 nitrogen and oxygen atoms in total. The van der Waals surface area contributed by atoms with Gasteiger partial charge in [-0.1, -0.05) is 97.1 Å². The minimum Gasteiger partial charge on any atom is -0.407 e. The average molecular weight is 613 g/mol. The highest BCUT2D eigenvalue weighted by molar-refractivity contribution is 6.43. The van der Waals surface area contributed by atoms with E-state index in [4.69, 9.17) is 23.5 Å². The van der Waals surface area contributed by atoms with E-state index in [2.05, 4.69) is 82.8 Å². The van der Waals surface area contributed by atoms with Gasteiger partial charge in [0.1, 0.15) is 29.4 Å². The maximum absolute atomic E-state index is 11.1. The van der Waals surface area contributed by atoms with Gasteiger partial charge in [-0.05, 0) is 86.3 Å². The third kappa shape index (κ3) is 4.84. The van der Waals surface area contributed by atoms with Crippen LogP contribution in [-0.2, 0) is 5.50 Å². The van der Waals surface area contributed by atoms with E-state index in [0.29, 0.717) is 16.7 Å². The van der Waals surface area contributed by atoms with Gasteiger partial charge in [-0.25, -0.2) is 4.98 Å². The molecule has 1 atom stereocenters. The molecule has 8 heteroatoms. The molecule has 0 aliphatic rings. The molecule has 222 valence electrons. The predicted octanol–water partition coefficient (Wildman–Crippen LogP) is 7.02. The second-order valence-corrected chi connectivity index (χ2v) is 12.0. The van der Waals surface area contributed by atoms with Crippen molar-refractivity contribution in [3.8, 4) is 39.2 Å². The van der Waals surface area contributed by atoms with Crippen molar-refractivity contribution >= 4 is 56.1 Å². The fourth-order valence-electron chi connectivity index (χ4n) is 6.62. The number of pyridine rings is 1. The van der Waals surface area contributed by atoms with Crippen molar-refractivity contribution in [3.63, 3.8) is 0 Å². The molecule has 0 aliphatic carbocycles. The quantitative estimate of drug-likeness (QED) is 0.156.